The number of likely N-dealkylation sites (N-methyl/N-ethyl adjacent to an activating group) is 1. The Labute approximate surface area is 137 Å². The van der Waals surface area contributed by atoms with Gasteiger partial charge in [0.25, 0.3) is 0 Å². The second kappa shape index (κ2) is 7.52. The van der Waals surface area contributed by atoms with E-state index in [9.17, 15) is 8.42 Å². The summed E-state index contributed by atoms with van der Waals surface area (Å²) in [5.74, 6) is 1.39. The van der Waals surface area contributed by atoms with Gasteiger partial charge in [-0.1, -0.05) is 0 Å². The van der Waals surface area contributed by atoms with Gasteiger partial charge in [0, 0.05) is 39.9 Å². The van der Waals surface area contributed by atoms with Crippen molar-refractivity contribution in [3.63, 3.8) is 0 Å². The van der Waals surface area contributed by atoms with Crippen molar-refractivity contribution in [2.45, 2.75) is 13.0 Å². The lowest BCUT2D eigenvalue weighted by Crippen LogP contribution is -2.42. The van der Waals surface area contributed by atoms with Crippen LogP contribution in [0.1, 0.15) is 17.6 Å². The minimum Gasteiger partial charge on any atom is -0.383 e. The molecule has 1 unspecified atom stereocenters. The maximum absolute atomic E-state index is 11.7. The van der Waals surface area contributed by atoms with Crippen molar-refractivity contribution in [3.05, 3.63) is 17.6 Å². The zero-order valence-electron chi connectivity index (χ0n) is 14.0. The number of hydrogen-bond donors (Lipinski definition) is 0. The third-order valence-electron chi connectivity index (χ3n) is 3.69. The highest BCUT2D eigenvalue weighted by molar-refractivity contribution is 7.88. The summed E-state index contributed by atoms with van der Waals surface area (Å²) in [6, 6.07) is 1.85. The highest BCUT2D eigenvalue weighted by atomic mass is 32.2. The first-order chi connectivity index (χ1) is 10.8. The van der Waals surface area contributed by atoms with Crippen molar-refractivity contribution in [1.82, 2.24) is 14.3 Å². The Morgan fingerprint density at radius 2 is 2.22 bits per heavy atom. The first kappa shape index (κ1) is 18.1. The predicted molar refractivity (Wildman–Crippen MR) is 87.0 cm³/mol. The minimum atomic E-state index is -3.23. The van der Waals surface area contributed by atoms with E-state index in [2.05, 4.69) is 9.97 Å². The van der Waals surface area contributed by atoms with Gasteiger partial charge >= 0.3 is 0 Å². The second-order valence-electron chi connectivity index (χ2n) is 5.59. The van der Waals surface area contributed by atoms with E-state index in [0.29, 0.717) is 37.8 Å². The molecule has 0 saturated carbocycles. The first-order valence-electron chi connectivity index (χ1n) is 7.43. The van der Waals surface area contributed by atoms with Crippen LogP contribution in [0.3, 0.4) is 0 Å². The van der Waals surface area contributed by atoms with Crippen LogP contribution in [0.4, 0.5) is 5.82 Å². The molecule has 8 nitrogen and oxygen atoms in total. The quantitative estimate of drug-likeness (QED) is 0.729. The van der Waals surface area contributed by atoms with Crippen LogP contribution >= 0.6 is 0 Å². The normalized spacial score (nSPS) is 19.7. The van der Waals surface area contributed by atoms with Crippen LogP contribution in [0, 0.1) is 6.92 Å². The van der Waals surface area contributed by atoms with Crippen molar-refractivity contribution in [3.8, 4) is 0 Å². The lowest BCUT2D eigenvalue weighted by atomic mass is 10.2. The smallest absolute Gasteiger partial charge is 0.211 e. The fourth-order valence-electron chi connectivity index (χ4n) is 2.38. The number of ether oxygens (including phenoxy) is 2. The van der Waals surface area contributed by atoms with E-state index in [1.165, 1.54) is 10.6 Å². The maximum atomic E-state index is 11.7. The molecule has 1 saturated heterocycles. The summed E-state index contributed by atoms with van der Waals surface area (Å²) in [5, 5.41) is 0. The van der Waals surface area contributed by atoms with Crippen LogP contribution in [0.25, 0.3) is 0 Å². The minimum absolute atomic E-state index is 0.274. The SMILES string of the molecule is COCCN(C)c1cc(C2CN(S(C)(=O)=O)CCO2)nc(C)n1. The van der Waals surface area contributed by atoms with Crippen LogP contribution in [-0.2, 0) is 19.5 Å². The molecule has 9 heteroatoms. The Kier molecular flexibility index (Phi) is 5.90. The first-order valence-corrected chi connectivity index (χ1v) is 9.28. The monoisotopic (exact) mass is 344 g/mol. The number of rotatable bonds is 6. The Balaban J connectivity index is 2.20. The summed E-state index contributed by atoms with van der Waals surface area (Å²) in [7, 11) is 0.346. The summed E-state index contributed by atoms with van der Waals surface area (Å²) < 4.78 is 35.7. The van der Waals surface area contributed by atoms with Gasteiger partial charge in [0.05, 0.1) is 25.2 Å². The molecule has 1 aliphatic rings. The summed E-state index contributed by atoms with van der Waals surface area (Å²) in [4.78, 5) is 10.8. The average molecular weight is 344 g/mol. The Morgan fingerprint density at radius 3 is 2.87 bits per heavy atom. The summed E-state index contributed by atoms with van der Waals surface area (Å²) in [6.07, 6.45) is 0.833. The molecule has 1 aromatic rings. The largest absolute Gasteiger partial charge is 0.383 e. The number of hydrogen-bond acceptors (Lipinski definition) is 7. The van der Waals surface area contributed by atoms with Gasteiger partial charge in [0.15, 0.2) is 0 Å². The van der Waals surface area contributed by atoms with Crippen LogP contribution in [0.2, 0.25) is 0 Å². The molecule has 2 heterocycles. The fraction of sp³-hybridized carbons (Fsp3) is 0.714. The van der Waals surface area contributed by atoms with E-state index in [1.54, 1.807) is 7.11 Å². The molecule has 0 aliphatic carbocycles. The standard InChI is InChI=1S/C14H24N4O4S/c1-11-15-12(9-14(16-11)17(2)5-7-21-3)13-10-18(6-8-22-13)23(4,19)20/h9,13H,5-8,10H2,1-4H3. The Morgan fingerprint density at radius 1 is 1.48 bits per heavy atom. The zero-order chi connectivity index (χ0) is 17.0. The molecule has 130 valence electrons. The molecule has 23 heavy (non-hydrogen) atoms. The number of sulfonamides is 1. The molecule has 0 bridgehead atoms. The molecule has 0 amide bonds. The lowest BCUT2D eigenvalue weighted by molar-refractivity contribution is -0.00485. The average Bonchev–Trinajstić information content (AvgIpc) is 2.51. The van der Waals surface area contributed by atoms with Crippen LogP contribution < -0.4 is 4.90 Å². The van der Waals surface area contributed by atoms with Gasteiger partial charge in [-0.15, -0.1) is 0 Å². The molecular weight excluding hydrogens is 320 g/mol. The van der Waals surface area contributed by atoms with Crippen molar-refractivity contribution in [2.75, 3.05) is 58.2 Å². The van der Waals surface area contributed by atoms with Crippen molar-refractivity contribution >= 4 is 15.8 Å². The van der Waals surface area contributed by atoms with E-state index in [4.69, 9.17) is 9.47 Å². The van der Waals surface area contributed by atoms with Gasteiger partial charge in [-0.3, -0.25) is 0 Å². The molecule has 1 atom stereocenters. The number of methoxy groups -OCH3 is 1. The van der Waals surface area contributed by atoms with Crippen molar-refractivity contribution in [1.29, 1.82) is 0 Å². The van der Waals surface area contributed by atoms with Gasteiger partial charge in [-0.25, -0.2) is 18.4 Å². The molecular formula is C14H24N4O4S. The van der Waals surface area contributed by atoms with Gasteiger partial charge in [0.2, 0.25) is 10.0 Å². The molecule has 0 N–H and O–H groups in total. The Hall–Kier alpha value is -1.29. The molecule has 0 radical (unpaired) electrons. The van der Waals surface area contributed by atoms with Crippen LogP contribution in [-0.4, -0.2) is 76.0 Å². The fourth-order valence-corrected chi connectivity index (χ4v) is 3.20. The van der Waals surface area contributed by atoms with Crippen LogP contribution in [0.5, 0.6) is 0 Å². The van der Waals surface area contributed by atoms with Crippen molar-refractivity contribution in [2.24, 2.45) is 0 Å². The van der Waals surface area contributed by atoms with Crippen molar-refractivity contribution < 1.29 is 17.9 Å². The number of aryl methyl sites for hydroxylation is 1. The molecule has 1 aromatic heterocycles. The predicted octanol–water partition coefficient (Wildman–Crippen LogP) is 0.201. The van der Waals surface area contributed by atoms with E-state index >= 15 is 0 Å². The second-order valence-corrected chi connectivity index (χ2v) is 7.58. The molecule has 0 aromatic carbocycles. The third kappa shape index (κ3) is 4.84. The summed E-state index contributed by atoms with van der Waals surface area (Å²) in [5.41, 5.74) is 0.699. The highest BCUT2D eigenvalue weighted by Gasteiger charge is 2.29. The van der Waals surface area contributed by atoms with Gasteiger partial charge < -0.3 is 14.4 Å². The maximum Gasteiger partial charge on any atom is 0.211 e. The number of aromatic nitrogens is 2. The van der Waals surface area contributed by atoms with E-state index < -0.39 is 10.0 Å². The van der Waals surface area contributed by atoms with Gasteiger partial charge in [-0.2, -0.15) is 4.31 Å². The third-order valence-corrected chi connectivity index (χ3v) is 4.96. The van der Waals surface area contributed by atoms with E-state index in [0.717, 1.165) is 5.82 Å². The molecule has 0 spiro atoms. The summed E-state index contributed by atoms with van der Waals surface area (Å²) in [6.45, 7) is 4.12. The highest BCUT2D eigenvalue weighted by Crippen LogP contribution is 2.24. The van der Waals surface area contributed by atoms with Gasteiger partial charge in [-0.05, 0) is 6.92 Å². The van der Waals surface area contributed by atoms with E-state index in [1.807, 2.05) is 24.9 Å². The Bertz CT molecular complexity index is 638. The lowest BCUT2D eigenvalue weighted by Gasteiger charge is -2.31. The summed E-state index contributed by atoms with van der Waals surface area (Å²) >= 11 is 0. The van der Waals surface area contributed by atoms with E-state index in [-0.39, 0.29) is 12.6 Å². The molecule has 1 fully saturated rings. The van der Waals surface area contributed by atoms with Gasteiger partial charge in [0.1, 0.15) is 17.7 Å². The van der Waals surface area contributed by atoms with Crippen LogP contribution in [0.15, 0.2) is 6.07 Å². The topological polar surface area (TPSA) is 84.9 Å². The number of nitrogens with zero attached hydrogens (tertiary/aromatic N) is 4. The number of anilines is 1. The number of morpholine rings is 1. The molecule has 2 rings (SSSR count). The zero-order valence-corrected chi connectivity index (χ0v) is 14.8. The molecule has 1 aliphatic heterocycles.